The van der Waals surface area contributed by atoms with Gasteiger partial charge in [-0.05, 0) is 108 Å². The molecule has 1 aromatic carbocycles. The number of allylic oxidation sites excluding steroid dienone is 2. The molecule has 6 bridgehead atoms. The third-order valence-electron chi connectivity index (χ3n) is 10.4. The monoisotopic (exact) mass is 314 g/mol. The van der Waals surface area contributed by atoms with Crippen LogP contribution in [-0.2, 0) is 6.42 Å². The van der Waals surface area contributed by atoms with Crippen LogP contribution in [0.1, 0.15) is 36.3 Å². The average molecular weight is 314 g/mol. The highest BCUT2D eigenvalue weighted by Crippen LogP contribution is 2.79. The molecule has 0 nitrogen and oxygen atoms in total. The lowest BCUT2D eigenvalue weighted by molar-refractivity contribution is 0.0229. The molecule has 1 aromatic rings. The van der Waals surface area contributed by atoms with Crippen molar-refractivity contribution in [1.82, 2.24) is 0 Å². The second-order valence-corrected chi connectivity index (χ2v) is 10.5. The van der Waals surface area contributed by atoms with Crippen LogP contribution < -0.4 is 0 Å². The zero-order valence-electron chi connectivity index (χ0n) is 14.2. The Bertz CT molecular complexity index is 789. The summed E-state index contributed by atoms with van der Waals surface area (Å²) in [5.41, 5.74) is 3.50. The van der Waals surface area contributed by atoms with Gasteiger partial charge in [-0.1, -0.05) is 36.4 Å². The smallest absolute Gasteiger partial charge is 0.00937 e. The quantitative estimate of drug-likeness (QED) is 0.471. The summed E-state index contributed by atoms with van der Waals surface area (Å²) < 4.78 is 0. The molecule has 12 unspecified atom stereocenters. The van der Waals surface area contributed by atoms with Gasteiger partial charge in [-0.2, -0.15) is 0 Å². The van der Waals surface area contributed by atoms with Crippen molar-refractivity contribution in [1.29, 1.82) is 0 Å². The highest BCUT2D eigenvalue weighted by molar-refractivity contribution is 5.41. The minimum absolute atomic E-state index is 0.958. The largest absolute Gasteiger partial charge is 0.0848 e. The molecule has 0 aromatic heterocycles. The van der Waals surface area contributed by atoms with Gasteiger partial charge in [0.25, 0.3) is 0 Å². The summed E-state index contributed by atoms with van der Waals surface area (Å²) in [5, 5.41) is 0. The first-order valence-electron chi connectivity index (χ1n) is 10.7. The second-order valence-electron chi connectivity index (χ2n) is 10.5. The first kappa shape index (κ1) is 12.3. The molecule has 0 radical (unpaired) electrons. The van der Waals surface area contributed by atoms with E-state index in [1.165, 1.54) is 12.8 Å². The van der Waals surface area contributed by atoms with Crippen LogP contribution in [0.4, 0.5) is 0 Å². The molecule has 5 saturated carbocycles. The van der Waals surface area contributed by atoms with Crippen LogP contribution in [0.3, 0.4) is 0 Å². The number of benzene rings is 1. The van der Waals surface area contributed by atoms with Gasteiger partial charge >= 0.3 is 0 Å². The van der Waals surface area contributed by atoms with E-state index in [0.717, 1.165) is 71.0 Å². The van der Waals surface area contributed by atoms with Gasteiger partial charge in [0.2, 0.25) is 0 Å². The van der Waals surface area contributed by atoms with Crippen molar-refractivity contribution in [2.75, 3.05) is 0 Å². The van der Waals surface area contributed by atoms with Crippen molar-refractivity contribution in [2.45, 2.75) is 31.6 Å². The van der Waals surface area contributed by atoms with E-state index in [1.54, 1.807) is 24.0 Å². The van der Waals surface area contributed by atoms with E-state index in [9.17, 15) is 0 Å². The summed E-state index contributed by atoms with van der Waals surface area (Å²) in [6.07, 6.45) is 11.4. The maximum atomic E-state index is 2.63. The van der Waals surface area contributed by atoms with Gasteiger partial charge < -0.3 is 0 Å². The first-order valence-corrected chi connectivity index (χ1v) is 10.7. The fourth-order valence-corrected chi connectivity index (χ4v) is 10.4. The van der Waals surface area contributed by atoms with Crippen LogP contribution in [-0.4, -0.2) is 0 Å². The molecular formula is C24H26. The molecule has 12 atom stereocenters. The zero-order valence-corrected chi connectivity index (χ0v) is 14.2. The van der Waals surface area contributed by atoms with Gasteiger partial charge in [-0.25, -0.2) is 0 Å². The summed E-state index contributed by atoms with van der Waals surface area (Å²) in [4.78, 5) is 0. The van der Waals surface area contributed by atoms with E-state index in [1.807, 2.05) is 0 Å². The molecule has 122 valence electrons. The topological polar surface area (TPSA) is 0 Å². The summed E-state index contributed by atoms with van der Waals surface area (Å²) in [6, 6.07) is 9.52. The lowest BCUT2D eigenvalue weighted by Crippen LogP contribution is -2.43. The SMILES string of the molecule is C1=CC2CC1C1C3CC(C21)C1C2CC(C4Cc5ccccc5C42)C31. The van der Waals surface area contributed by atoms with Crippen molar-refractivity contribution < 1.29 is 0 Å². The second kappa shape index (κ2) is 3.71. The molecule has 8 rings (SSSR count). The van der Waals surface area contributed by atoms with Crippen molar-refractivity contribution in [3.8, 4) is 0 Å². The van der Waals surface area contributed by atoms with Crippen LogP contribution in [0, 0.1) is 65.1 Å². The van der Waals surface area contributed by atoms with Crippen molar-refractivity contribution in [2.24, 2.45) is 65.1 Å². The molecule has 0 heteroatoms. The van der Waals surface area contributed by atoms with Crippen molar-refractivity contribution in [3.05, 3.63) is 47.5 Å². The fourth-order valence-electron chi connectivity index (χ4n) is 10.4. The number of hydrogen-bond acceptors (Lipinski definition) is 0. The summed E-state index contributed by atoms with van der Waals surface area (Å²) in [6.45, 7) is 0. The Morgan fingerprint density at radius 3 is 2.17 bits per heavy atom. The van der Waals surface area contributed by atoms with Gasteiger partial charge in [0.05, 0.1) is 0 Å². The summed E-state index contributed by atoms with van der Waals surface area (Å²) in [5.74, 6) is 12.9. The van der Waals surface area contributed by atoms with Crippen LogP contribution in [0.2, 0.25) is 0 Å². The predicted molar refractivity (Wildman–Crippen MR) is 94.3 cm³/mol. The van der Waals surface area contributed by atoms with Crippen molar-refractivity contribution >= 4 is 0 Å². The molecule has 0 aliphatic heterocycles. The van der Waals surface area contributed by atoms with Gasteiger partial charge in [0.1, 0.15) is 0 Å². The van der Waals surface area contributed by atoms with E-state index < -0.39 is 0 Å². The van der Waals surface area contributed by atoms with Crippen LogP contribution in [0.5, 0.6) is 0 Å². The van der Waals surface area contributed by atoms with E-state index in [2.05, 4.69) is 36.4 Å². The molecule has 0 saturated heterocycles. The van der Waals surface area contributed by atoms with Gasteiger partial charge in [-0.15, -0.1) is 0 Å². The highest BCUT2D eigenvalue weighted by atomic mass is 14.8. The third-order valence-corrected chi connectivity index (χ3v) is 10.4. The van der Waals surface area contributed by atoms with Gasteiger partial charge in [0.15, 0.2) is 0 Å². The maximum absolute atomic E-state index is 2.63. The molecule has 5 fully saturated rings. The van der Waals surface area contributed by atoms with E-state index in [-0.39, 0.29) is 0 Å². The molecule has 7 aliphatic rings. The number of hydrogen-bond donors (Lipinski definition) is 0. The Morgan fingerprint density at radius 1 is 0.625 bits per heavy atom. The normalized spacial score (nSPS) is 62.2. The van der Waals surface area contributed by atoms with Crippen molar-refractivity contribution in [3.63, 3.8) is 0 Å². The molecular weight excluding hydrogens is 288 g/mol. The van der Waals surface area contributed by atoms with Gasteiger partial charge in [0, 0.05) is 0 Å². The number of rotatable bonds is 0. The highest BCUT2D eigenvalue weighted by Gasteiger charge is 2.73. The Labute approximate surface area is 144 Å². The molecule has 0 N–H and O–H groups in total. The standard InChI is InChI=1S/C24H26/c1-2-4-14-11(3-1)8-15-16-9-19(22(14)15)24-18-10-17(23(16)24)20-12-5-6-13(7-12)21(18)20/h1-6,12-13,15-24H,7-10H2. The molecule has 24 heavy (non-hydrogen) atoms. The lowest BCUT2D eigenvalue weighted by atomic mass is 9.57. The van der Waals surface area contributed by atoms with Crippen LogP contribution in [0.25, 0.3) is 0 Å². The van der Waals surface area contributed by atoms with E-state index in [0.29, 0.717) is 0 Å². The van der Waals surface area contributed by atoms with Crippen LogP contribution >= 0.6 is 0 Å². The Balaban J connectivity index is 1.25. The average Bonchev–Trinajstić information content (AvgIpc) is 3.43. The Hall–Kier alpha value is -1.04. The zero-order chi connectivity index (χ0) is 15.2. The molecule has 0 amide bonds. The number of fused-ring (bicyclic) bond motifs is 21. The van der Waals surface area contributed by atoms with Crippen LogP contribution in [0.15, 0.2) is 36.4 Å². The lowest BCUT2D eigenvalue weighted by Gasteiger charge is -2.47. The summed E-state index contributed by atoms with van der Waals surface area (Å²) >= 11 is 0. The van der Waals surface area contributed by atoms with Gasteiger partial charge in [-0.3, -0.25) is 0 Å². The predicted octanol–water partition coefficient (Wildman–Crippen LogP) is 4.91. The minimum Gasteiger partial charge on any atom is -0.0848 e. The maximum Gasteiger partial charge on any atom is -0.00937 e. The van der Waals surface area contributed by atoms with E-state index >= 15 is 0 Å². The van der Waals surface area contributed by atoms with E-state index in [4.69, 9.17) is 0 Å². The Kier molecular flexibility index (Phi) is 1.91. The molecule has 0 heterocycles. The first-order chi connectivity index (χ1) is 11.9. The Morgan fingerprint density at radius 2 is 1.33 bits per heavy atom. The molecule has 0 spiro atoms. The minimum atomic E-state index is 0.958. The molecule has 7 aliphatic carbocycles. The summed E-state index contributed by atoms with van der Waals surface area (Å²) in [7, 11) is 0. The fraction of sp³-hybridized carbons (Fsp3) is 0.667. The third kappa shape index (κ3) is 1.10.